The van der Waals surface area contributed by atoms with Crippen molar-refractivity contribution in [2.24, 2.45) is 4.99 Å². The molecule has 1 aromatic heterocycles. The van der Waals surface area contributed by atoms with Gasteiger partial charge in [-0.1, -0.05) is 6.08 Å². The Hall–Kier alpha value is -1.40. The van der Waals surface area contributed by atoms with Crippen LogP contribution in [0.25, 0.3) is 0 Å². The molecule has 1 aliphatic rings. The lowest BCUT2D eigenvalue weighted by Crippen LogP contribution is -2.38. The molecule has 1 saturated heterocycles. The van der Waals surface area contributed by atoms with Crippen LogP contribution in [0.5, 0.6) is 5.88 Å². The Kier molecular flexibility index (Phi) is 7.24. The minimum Gasteiger partial charge on any atom is -0.473 e. The van der Waals surface area contributed by atoms with E-state index in [9.17, 15) is 0 Å². The number of aliphatic imine (C=N–C) groups is 1. The summed E-state index contributed by atoms with van der Waals surface area (Å²) in [6.07, 6.45) is 6.03. The van der Waals surface area contributed by atoms with E-state index in [1.54, 1.807) is 0 Å². The highest BCUT2D eigenvalue weighted by atomic mass is 79.9. The molecule has 0 spiro atoms. The molecular formula is C18H27BrN4O. The number of aryl methyl sites for hydroxylation is 1. The van der Waals surface area contributed by atoms with Crippen molar-refractivity contribution in [3.8, 4) is 5.88 Å². The first kappa shape index (κ1) is 18.9. The van der Waals surface area contributed by atoms with Crippen LogP contribution in [-0.2, 0) is 0 Å². The molecule has 0 unspecified atom stereocenters. The minimum atomic E-state index is 0.217. The highest BCUT2D eigenvalue weighted by molar-refractivity contribution is 9.10. The molecule has 1 aliphatic heterocycles. The highest BCUT2D eigenvalue weighted by Gasteiger charge is 2.21. The van der Waals surface area contributed by atoms with Gasteiger partial charge in [-0.05, 0) is 48.7 Å². The molecule has 1 aromatic rings. The fraction of sp³-hybridized carbons (Fsp3) is 0.556. The lowest BCUT2D eigenvalue weighted by Gasteiger charge is -2.31. The van der Waals surface area contributed by atoms with Gasteiger partial charge in [-0.25, -0.2) is 9.98 Å². The molecule has 0 radical (unpaired) electrons. The molecule has 0 atom stereocenters. The molecule has 0 bridgehead atoms. The Morgan fingerprint density at radius 2 is 2.21 bits per heavy atom. The number of halogens is 1. The molecule has 0 amide bonds. The predicted octanol–water partition coefficient (Wildman–Crippen LogP) is 3.79. The zero-order valence-electron chi connectivity index (χ0n) is 14.8. The standard InChI is InChI=1S/C18H27BrN4O/c1-5-9-23-10-7-15(8-11-23)24-18-16(19)12-17(14(3)21-18)20-13-22(4)6-2/h5,12-13,15H,1,6-11H2,2-4H3. The van der Waals surface area contributed by atoms with E-state index in [4.69, 9.17) is 4.74 Å². The van der Waals surface area contributed by atoms with Crippen LogP contribution in [0.3, 0.4) is 0 Å². The van der Waals surface area contributed by atoms with Crippen LogP contribution in [0.4, 0.5) is 5.69 Å². The number of hydrogen-bond acceptors (Lipinski definition) is 4. The van der Waals surface area contributed by atoms with Crippen molar-refractivity contribution in [1.82, 2.24) is 14.8 Å². The zero-order valence-corrected chi connectivity index (χ0v) is 16.4. The summed E-state index contributed by atoms with van der Waals surface area (Å²) in [5.41, 5.74) is 1.73. The molecule has 0 N–H and O–H groups in total. The number of rotatable bonds is 7. The number of aromatic nitrogens is 1. The average Bonchev–Trinajstić information content (AvgIpc) is 2.58. The summed E-state index contributed by atoms with van der Waals surface area (Å²) in [4.78, 5) is 13.5. The molecule has 132 valence electrons. The van der Waals surface area contributed by atoms with E-state index in [1.165, 1.54) is 0 Å². The summed E-state index contributed by atoms with van der Waals surface area (Å²) in [6.45, 7) is 11.8. The molecule has 0 saturated carbocycles. The van der Waals surface area contributed by atoms with Crippen molar-refractivity contribution < 1.29 is 4.74 Å². The Labute approximate surface area is 153 Å². The second kappa shape index (κ2) is 9.18. The highest BCUT2D eigenvalue weighted by Crippen LogP contribution is 2.31. The van der Waals surface area contributed by atoms with E-state index < -0.39 is 0 Å². The van der Waals surface area contributed by atoms with E-state index >= 15 is 0 Å². The molecule has 2 heterocycles. The van der Waals surface area contributed by atoms with Crippen molar-refractivity contribution in [2.75, 3.05) is 33.2 Å². The maximum Gasteiger partial charge on any atom is 0.228 e. The normalized spacial score (nSPS) is 16.5. The average molecular weight is 395 g/mol. The number of likely N-dealkylation sites (tertiary alicyclic amines) is 1. The van der Waals surface area contributed by atoms with Gasteiger partial charge in [0.2, 0.25) is 5.88 Å². The maximum absolute atomic E-state index is 6.12. The Bertz CT molecular complexity index is 583. The fourth-order valence-corrected chi connectivity index (χ4v) is 2.95. The fourth-order valence-electron chi connectivity index (χ4n) is 2.56. The quantitative estimate of drug-likeness (QED) is 0.400. The SMILES string of the molecule is C=CCN1CCC(Oc2nc(C)c(N=CN(C)CC)cc2Br)CC1. The number of hydrogen-bond donors (Lipinski definition) is 0. The molecule has 5 nitrogen and oxygen atoms in total. The topological polar surface area (TPSA) is 41.0 Å². The summed E-state index contributed by atoms with van der Waals surface area (Å²) < 4.78 is 6.98. The van der Waals surface area contributed by atoms with Crippen molar-refractivity contribution >= 4 is 28.0 Å². The van der Waals surface area contributed by atoms with Crippen molar-refractivity contribution in [3.63, 3.8) is 0 Å². The van der Waals surface area contributed by atoms with Gasteiger partial charge in [0, 0.05) is 33.2 Å². The summed E-state index contributed by atoms with van der Waals surface area (Å²) in [7, 11) is 2.00. The first-order chi connectivity index (χ1) is 11.5. The molecule has 0 aliphatic carbocycles. The van der Waals surface area contributed by atoms with Gasteiger partial charge < -0.3 is 9.64 Å². The Morgan fingerprint density at radius 1 is 1.50 bits per heavy atom. The first-order valence-electron chi connectivity index (χ1n) is 8.45. The maximum atomic E-state index is 6.12. The summed E-state index contributed by atoms with van der Waals surface area (Å²) >= 11 is 3.57. The van der Waals surface area contributed by atoms with Gasteiger partial charge >= 0.3 is 0 Å². The van der Waals surface area contributed by atoms with Crippen LogP contribution in [0.1, 0.15) is 25.5 Å². The van der Waals surface area contributed by atoms with E-state index in [0.717, 1.165) is 54.9 Å². The molecular weight excluding hydrogens is 368 g/mol. The van der Waals surface area contributed by atoms with Gasteiger partial charge in [-0.15, -0.1) is 6.58 Å². The van der Waals surface area contributed by atoms with Gasteiger partial charge in [0.05, 0.1) is 22.2 Å². The van der Waals surface area contributed by atoms with E-state index in [2.05, 4.69) is 44.3 Å². The van der Waals surface area contributed by atoms with Gasteiger partial charge in [0.25, 0.3) is 0 Å². The number of nitrogens with zero attached hydrogens (tertiary/aromatic N) is 4. The van der Waals surface area contributed by atoms with Gasteiger partial charge in [0.15, 0.2) is 0 Å². The van der Waals surface area contributed by atoms with Crippen LogP contribution in [-0.4, -0.2) is 60.5 Å². The largest absolute Gasteiger partial charge is 0.473 e. The first-order valence-corrected chi connectivity index (χ1v) is 9.24. The minimum absolute atomic E-state index is 0.217. The molecule has 0 aromatic carbocycles. The Balaban J connectivity index is 2.00. The predicted molar refractivity (Wildman–Crippen MR) is 103 cm³/mol. The summed E-state index contributed by atoms with van der Waals surface area (Å²) in [6, 6.07) is 1.98. The molecule has 1 fully saturated rings. The second-order valence-electron chi connectivity index (χ2n) is 6.10. The monoisotopic (exact) mass is 394 g/mol. The van der Waals surface area contributed by atoms with Crippen molar-refractivity contribution in [1.29, 1.82) is 0 Å². The third-order valence-electron chi connectivity index (χ3n) is 4.20. The number of pyridine rings is 1. The summed E-state index contributed by atoms with van der Waals surface area (Å²) in [5, 5.41) is 0. The summed E-state index contributed by atoms with van der Waals surface area (Å²) in [5.74, 6) is 0.664. The zero-order chi connectivity index (χ0) is 17.5. The third kappa shape index (κ3) is 5.31. The third-order valence-corrected chi connectivity index (χ3v) is 4.77. The van der Waals surface area contributed by atoms with Gasteiger partial charge in [0.1, 0.15) is 6.10 Å². The van der Waals surface area contributed by atoms with Crippen LogP contribution < -0.4 is 4.74 Å². The molecule has 6 heteroatoms. The van der Waals surface area contributed by atoms with Crippen molar-refractivity contribution in [3.05, 3.63) is 28.9 Å². The van der Waals surface area contributed by atoms with E-state index in [-0.39, 0.29) is 6.10 Å². The number of ether oxygens (including phenoxy) is 1. The van der Waals surface area contributed by atoms with E-state index in [0.29, 0.717) is 5.88 Å². The second-order valence-corrected chi connectivity index (χ2v) is 6.96. The number of piperidine rings is 1. The lowest BCUT2D eigenvalue weighted by atomic mass is 10.1. The van der Waals surface area contributed by atoms with Gasteiger partial charge in [-0.2, -0.15) is 0 Å². The Morgan fingerprint density at radius 3 is 2.83 bits per heavy atom. The van der Waals surface area contributed by atoms with Crippen LogP contribution >= 0.6 is 15.9 Å². The smallest absolute Gasteiger partial charge is 0.228 e. The van der Waals surface area contributed by atoms with Gasteiger partial charge in [-0.3, -0.25) is 4.90 Å². The van der Waals surface area contributed by atoms with Crippen LogP contribution in [0.15, 0.2) is 28.2 Å². The lowest BCUT2D eigenvalue weighted by molar-refractivity contribution is 0.102. The molecule has 24 heavy (non-hydrogen) atoms. The molecule has 2 rings (SSSR count). The van der Waals surface area contributed by atoms with Crippen LogP contribution in [0.2, 0.25) is 0 Å². The van der Waals surface area contributed by atoms with E-state index in [1.807, 2.05) is 37.4 Å². The van der Waals surface area contributed by atoms with Crippen molar-refractivity contribution in [2.45, 2.75) is 32.8 Å². The van der Waals surface area contributed by atoms with Crippen LogP contribution in [0, 0.1) is 6.92 Å².